The summed E-state index contributed by atoms with van der Waals surface area (Å²) >= 11 is 0. The van der Waals surface area contributed by atoms with Gasteiger partial charge in [0.05, 0.1) is 23.9 Å². The number of hydrogen-bond acceptors (Lipinski definition) is 4. The largest absolute Gasteiger partial charge is 0.481 e. The van der Waals surface area contributed by atoms with Crippen molar-refractivity contribution in [2.45, 2.75) is 20.3 Å². The maximum absolute atomic E-state index is 11.6. The highest BCUT2D eigenvalue weighted by molar-refractivity contribution is 5.99. The maximum atomic E-state index is 11.6. The van der Waals surface area contributed by atoms with Crippen molar-refractivity contribution < 1.29 is 29.3 Å². The van der Waals surface area contributed by atoms with E-state index in [1.165, 1.54) is 0 Å². The molecule has 0 radical (unpaired) electrons. The number of ether oxygens (including phenoxy) is 1. The van der Waals surface area contributed by atoms with E-state index in [4.69, 9.17) is 14.9 Å². The van der Waals surface area contributed by atoms with Crippen LogP contribution in [0.4, 0.5) is 0 Å². The predicted octanol–water partition coefficient (Wildman–Crippen LogP) is 0.361. The van der Waals surface area contributed by atoms with Crippen LogP contribution in [0.1, 0.15) is 20.3 Å². The number of carboxylic acid groups (broad SMARTS) is 2. The monoisotopic (exact) mass is 230 g/mol. The average molecular weight is 230 g/mol. The molecule has 6 nitrogen and oxygen atoms in total. The van der Waals surface area contributed by atoms with Crippen LogP contribution in [-0.4, -0.2) is 34.7 Å². The first kappa shape index (κ1) is 12.5. The molecule has 0 aromatic heterocycles. The highest BCUT2D eigenvalue weighted by Gasteiger charge is 2.76. The van der Waals surface area contributed by atoms with Crippen LogP contribution in [-0.2, 0) is 19.1 Å². The molecule has 1 aliphatic rings. The van der Waals surface area contributed by atoms with Gasteiger partial charge >= 0.3 is 17.9 Å². The van der Waals surface area contributed by atoms with Crippen molar-refractivity contribution in [1.82, 2.24) is 0 Å². The molecule has 2 unspecified atom stereocenters. The average Bonchev–Trinajstić information content (AvgIpc) is 2.88. The highest BCUT2D eigenvalue weighted by atomic mass is 16.5. The molecule has 1 aliphatic carbocycles. The second-order valence-electron chi connectivity index (χ2n) is 3.75. The van der Waals surface area contributed by atoms with Crippen molar-refractivity contribution in [2.24, 2.45) is 17.3 Å². The van der Waals surface area contributed by atoms with Crippen molar-refractivity contribution in [3.63, 3.8) is 0 Å². The molecule has 90 valence electrons. The lowest BCUT2D eigenvalue weighted by molar-refractivity contribution is -0.155. The smallest absolute Gasteiger partial charge is 0.313 e. The Morgan fingerprint density at radius 3 is 1.81 bits per heavy atom. The zero-order valence-electron chi connectivity index (χ0n) is 9.10. The second-order valence-corrected chi connectivity index (χ2v) is 3.75. The fourth-order valence-electron chi connectivity index (χ4n) is 2.27. The Morgan fingerprint density at radius 1 is 1.12 bits per heavy atom. The Hall–Kier alpha value is -1.59. The molecule has 0 spiro atoms. The van der Waals surface area contributed by atoms with Crippen LogP contribution >= 0.6 is 0 Å². The molecule has 6 heteroatoms. The van der Waals surface area contributed by atoms with Crippen molar-refractivity contribution in [3.05, 3.63) is 0 Å². The number of hydrogen-bond donors (Lipinski definition) is 2. The normalized spacial score (nSPS) is 31.9. The fourth-order valence-corrected chi connectivity index (χ4v) is 2.27. The van der Waals surface area contributed by atoms with Gasteiger partial charge in [0.25, 0.3) is 0 Å². The second kappa shape index (κ2) is 4.11. The lowest BCUT2D eigenvalue weighted by Gasteiger charge is -2.12. The Kier molecular flexibility index (Phi) is 3.21. The summed E-state index contributed by atoms with van der Waals surface area (Å²) < 4.78 is 4.76. The van der Waals surface area contributed by atoms with E-state index in [0.717, 1.165) is 0 Å². The minimum absolute atomic E-state index is 0.110. The van der Waals surface area contributed by atoms with E-state index in [1.807, 2.05) is 0 Å². The molecule has 0 amide bonds. The molecule has 16 heavy (non-hydrogen) atoms. The minimum atomic E-state index is -1.38. The minimum Gasteiger partial charge on any atom is -0.481 e. The number of carboxylic acids is 2. The lowest BCUT2D eigenvalue weighted by atomic mass is 9.98. The first-order valence-electron chi connectivity index (χ1n) is 5.06. The van der Waals surface area contributed by atoms with Gasteiger partial charge in [-0.25, -0.2) is 0 Å². The van der Waals surface area contributed by atoms with Crippen molar-refractivity contribution in [2.75, 3.05) is 6.61 Å². The number of rotatable bonds is 5. The summed E-state index contributed by atoms with van der Waals surface area (Å²) in [6.07, 6.45) is 0.153. The maximum Gasteiger partial charge on any atom is 0.313 e. The summed E-state index contributed by atoms with van der Waals surface area (Å²) in [6.45, 7) is 3.30. The van der Waals surface area contributed by atoms with E-state index in [9.17, 15) is 14.4 Å². The van der Waals surface area contributed by atoms with Gasteiger partial charge in [0.1, 0.15) is 0 Å². The summed E-state index contributed by atoms with van der Waals surface area (Å²) in [7, 11) is 0. The molecule has 2 atom stereocenters. The fraction of sp³-hybridized carbons (Fsp3) is 0.700. The van der Waals surface area contributed by atoms with Crippen LogP contribution in [0.15, 0.2) is 0 Å². The number of aliphatic carboxylic acids is 2. The van der Waals surface area contributed by atoms with Crippen LogP contribution in [0, 0.1) is 17.3 Å². The quantitative estimate of drug-likeness (QED) is 0.661. The van der Waals surface area contributed by atoms with Gasteiger partial charge in [-0.1, -0.05) is 6.92 Å². The molecule has 0 bridgehead atoms. The van der Waals surface area contributed by atoms with Gasteiger partial charge in [-0.05, 0) is 13.3 Å². The van der Waals surface area contributed by atoms with E-state index >= 15 is 0 Å². The zero-order valence-corrected chi connectivity index (χ0v) is 9.10. The van der Waals surface area contributed by atoms with E-state index in [0.29, 0.717) is 0 Å². The van der Waals surface area contributed by atoms with Gasteiger partial charge in [-0.3, -0.25) is 14.4 Å². The predicted molar refractivity (Wildman–Crippen MR) is 51.6 cm³/mol. The Bertz CT molecular complexity index is 314. The van der Waals surface area contributed by atoms with Gasteiger partial charge in [0, 0.05) is 0 Å². The van der Waals surface area contributed by atoms with Gasteiger partial charge in [-0.2, -0.15) is 0 Å². The molecule has 0 aliphatic heterocycles. The van der Waals surface area contributed by atoms with E-state index < -0.39 is 35.2 Å². The Balaban J connectivity index is 3.00. The standard InChI is InChI=1S/C10H14O6/c1-3-10(9(15)16-4-2)5(7(11)12)6(10)8(13)14/h5-6H,3-4H2,1-2H3,(H,11,12)(H,13,14). The van der Waals surface area contributed by atoms with Gasteiger partial charge in [0.15, 0.2) is 0 Å². The first-order chi connectivity index (χ1) is 7.43. The summed E-state index contributed by atoms with van der Waals surface area (Å²) in [5.74, 6) is -5.59. The molecule has 0 heterocycles. The summed E-state index contributed by atoms with van der Waals surface area (Å²) in [4.78, 5) is 33.4. The molecule has 1 saturated carbocycles. The van der Waals surface area contributed by atoms with Crippen molar-refractivity contribution >= 4 is 17.9 Å². The summed E-state index contributed by atoms with van der Waals surface area (Å²) in [5, 5.41) is 17.8. The van der Waals surface area contributed by atoms with Crippen LogP contribution in [0.2, 0.25) is 0 Å². The lowest BCUT2D eigenvalue weighted by Crippen LogP contribution is -2.25. The number of esters is 1. The molecular formula is C10H14O6. The SMILES string of the molecule is CCOC(=O)C1(CC)C(C(=O)O)C1C(=O)O. The van der Waals surface area contributed by atoms with Crippen molar-refractivity contribution in [1.29, 1.82) is 0 Å². The van der Waals surface area contributed by atoms with Crippen LogP contribution in [0.3, 0.4) is 0 Å². The third kappa shape index (κ3) is 1.54. The first-order valence-corrected chi connectivity index (χ1v) is 5.06. The zero-order chi connectivity index (χ0) is 12.5. The van der Waals surface area contributed by atoms with E-state index in [2.05, 4.69) is 0 Å². The van der Waals surface area contributed by atoms with E-state index in [1.54, 1.807) is 13.8 Å². The molecule has 1 rings (SSSR count). The van der Waals surface area contributed by atoms with E-state index in [-0.39, 0.29) is 13.0 Å². The van der Waals surface area contributed by atoms with Gasteiger partial charge < -0.3 is 14.9 Å². The molecule has 0 aromatic rings. The molecule has 1 fully saturated rings. The van der Waals surface area contributed by atoms with Gasteiger partial charge in [0.2, 0.25) is 0 Å². The van der Waals surface area contributed by atoms with Crippen LogP contribution in [0.25, 0.3) is 0 Å². The third-order valence-corrected chi connectivity index (χ3v) is 3.11. The van der Waals surface area contributed by atoms with Gasteiger partial charge in [-0.15, -0.1) is 0 Å². The topological polar surface area (TPSA) is 101 Å². The highest BCUT2D eigenvalue weighted by Crippen LogP contribution is 2.62. The Labute approximate surface area is 92.2 Å². The molecule has 2 N–H and O–H groups in total. The molecule has 0 aromatic carbocycles. The Morgan fingerprint density at radius 2 is 1.56 bits per heavy atom. The molecule has 0 saturated heterocycles. The van der Waals surface area contributed by atoms with Crippen LogP contribution < -0.4 is 0 Å². The number of carbonyl (C=O) groups is 3. The molecular weight excluding hydrogens is 216 g/mol. The summed E-state index contributed by atoms with van der Waals surface area (Å²) in [5.41, 5.74) is -1.38. The van der Waals surface area contributed by atoms with Crippen molar-refractivity contribution in [3.8, 4) is 0 Å². The number of carbonyl (C=O) groups excluding carboxylic acids is 1. The van der Waals surface area contributed by atoms with Crippen LogP contribution in [0.5, 0.6) is 0 Å². The summed E-state index contributed by atoms with van der Waals surface area (Å²) in [6, 6.07) is 0. The third-order valence-electron chi connectivity index (χ3n) is 3.11.